The molecule has 0 aromatic rings. The molecule has 0 rings (SSSR count). The summed E-state index contributed by atoms with van der Waals surface area (Å²) in [6.07, 6.45) is 4.55. The van der Waals surface area contributed by atoms with Crippen LogP contribution in [0.5, 0.6) is 0 Å². The van der Waals surface area contributed by atoms with E-state index in [9.17, 15) is 10.2 Å². The first-order chi connectivity index (χ1) is 6.95. The standard InChI is InChI=1S/C12H22O3/c1-5-9-11(13,7-3)15-12(14,8-4)10-6-2/h5-6,13-14H,1-2,7-10H2,3-4H3. The van der Waals surface area contributed by atoms with Crippen molar-refractivity contribution in [3.63, 3.8) is 0 Å². The van der Waals surface area contributed by atoms with Crippen LogP contribution in [0.2, 0.25) is 0 Å². The molecule has 2 N–H and O–H groups in total. The molecule has 0 aliphatic carbocycles. The van der Waals surface area contributed by atoms with Gasteiger partial charge >= 0.3 is 0 Å². The summed E-state index contributed by atoms with van der Waals surface area (Å²) >= 11 is 0. The van der Waals surface area contributed by atoms with E-state index in [1.54, 1.807) is 26.0 Å². The molecule has 0 radical (unpaired) electrons. The highest BCUT2D eigenvalue weighted by Gasteiger charge is 2.35. The molecule has 15 heavy (non-hydrogen) atoms. The minimum absolute atomic E-state index is 0.295. The topological polar surface area (TPSA) is 49.7 Å². The number of ether oxygens (including phenoxy) is 1. The summed E-state index contributed by atoms with van der Waals surface area (Å²) in [5.41, 5.74) is 0. The molecule has 0 aromatic heterocycles. The van der Waals surface area contributed by atoms with Gasteiger partial charge in [-0.2, -0.15) is 0 Å². The molecule has 0 spiro atoms. The third kappa shape index (κ3) is 4.60. The first-order valence-corrected chi connectivity index (χ1v) is 5.32. The lowest BCUT2D eigenvalue weighted by atomic mass is 10.1. The van der Waals surface area contributed by atoms with Crippen LogP contribution in [-0.2, 0) is 4.74 Å². The van der Waals surface area contributed by atoms with E-state index >= 15 is 0 Å². The van der Waals surface area contributed by atoms with Crippen molar-refractivity contribution in [3.8, 4) is 0 Å². The van der Waals surface area contributed by atoms with Crippen LogP contribution < -0.4 is 0 Å². The Bertz CT molecular complexity index is 193. The van der Waals surface area contributed by atoms with Crippen molar-refractivity contribution in [2.24, 2.45) is 0 Å². The summed E-state index contributed by atoms with van der Waals surface area (Å²) in [6, 6.07) is 0. The van der Waals surface area contributed by atoms with Gasteiger partial charge in [0.2, 0.25) is 0 Å². The molecule has 0 saturated heterocycles. The minimum atomic E-state index is -1.34. The largest absolute Gasteiger partial charge is 0.365 e. The van der Waals surface area contributed by atoms with Crippen LogP contribution in [0.25, 0.3) is 0 Å². The van der Waals surface area contributed by atoms with Crippen LogP contribution in [0.15, 0.2) is 25.3 Å². The molecule has 3 nitrogen and oxygen atoms in total. The van der Waals surface area contributed by atoms with Crippen molar-refractivity contribution >= 4 is 0 Å². The molecule has 0 fully saturated rings. The molecule has 0 bridgehead atoms. The van der Waals surface area contributed by atoms with Crippen molar-refractivity contribution in [3.05, 3.63) is 25.3 Å². The van der Waals surface area contributed by atoms with Crippen LogP contribution in [0.3, 0.4) is 0 Å². The fourth-order valence-electron chi connectivity index (χ4n) is 1.32. The number of rotatable bonds is 8. The van der Waals surface area contributed by atoms with Gasteiger partial charge in [-0.05, 0) is 12.8 Å². The Kier molecular flexibility index (Phi) is 5.80. The Morgan fingerprint density at radius 1 is 1.00 bits per heavy atom. The fraction of sp³-hybridized carbons (Fsp3) is 0.667. The maximum Gasteiger partial charge on any atom is 0.172 e. The van der Waals surface area contributed by atoms with Gasteiger partial charge in [-0.15, -0.1) is 13.2 Å². The second-order valence-corrected chi connectivity index (χ2v) is 3.69. The van der Waals surface area contributed by atoms with E-state index in [0.717, 1.165) is 0 Å². The highest BCUT2D eigenvalue weighted by atomic mass is 16.7. The molecular formula is C12H22O3. The first-order valence-electron chi connectivity index (χ1n) is 5.32. The van der Waals surface area contributed by atoms with Crippen LogP contribution in [-0.4, -0.2) is 21.8 Å². The van der Waals surface area contributed by atoms with Crippen LogP contribution in [0, 0.1) is 0 Å². The summed E-state index contributed by atoms with van der Waals surface area (Å²) in [5.74, 6) is -2.68. The predicted molar refractivity (Wildman–Crippen MR) is 61.2 cm³/mol. The third-order valence-corrected chi connectivity index (χ3v) is 2.41. The van der Waals surface area contributed by atoms with Crippen LogP contribution in [0.4, 0.5) is 0 Å². The molecule has 2 atom stereocenters. The van der Waals surface area contributed by atoms with Gasteiger partial charge in [0, 0.05) is 12.8 Å². The van der Waals surface area contributed by atoms with Gasteiger partial charge in [0.1, 0.15) is 0 Å². The molecule has 3 heteroatoms. The number of hydrogen-bond acceptors (Lipinski definition) is 3. The molecule has 0 aliphatic rings. The van der Waals surface area contributed by atoms with E-state index in [-0.39, 0.29) is 0 Å². The van der Waals surface area contributed by atoms with Crippen molar-refractivity contribution in [2.75, 3.05) is 0 Å². The molecule has 0 amide bonds. The lowest BCUT2D eigenvalue weighted by Gasteiger charge is -2.36. The number of aliphatic hydroxyl groups is 2. The van der Waals surface area contributed by atoms with Crippen LogP contribution >= 0.6 is 0 Å². The van der Waals surface area contributed by atoms with Crippen molar-refractivity contribution in [1.82, 2.24) is 0 Å². The lowest BCUT2D eigenvalue weighted by molar-refractivity contribution is -0.332. The highest BCUT2D eigenvalue weighted by Crippen LogP contribution is 2.28. The minimum Gasteiger partial charge on any atom is -0.365 e. The summed E-state index contributed by atoms with van der Waals surface area (Å²) < 4.78 is 5.37. The van der Waals surface area contributed by atoms with Crippen molar-refractivity contribution in [1.29, 1.82) is 0 Å². The summed E-state index contributed by atoms with van der Waals surface area (Å²) in [6.45, 7) is 10.7. The van der Waals surface area contributed by atoms with Gasteiger partial charge in [0.05, 0.1) is 0 Å². The quantitative estimate of drug-likeness (QED) is 0.481. The van der Waals surface area contributed by atoms with E-state index in [2.05, 4.69) is 13.2 Å². The Balaban J connectivity index is 4.60. The highest BCUT2D eigenvalue weighted by molar-refractivity contribution is 4.84. The smallest absolute Gasteiger partial charge is 0.172 e. The zero-order valence-electron chi connectivity index (χ0n) is 9.70. The van der Waals surface area contributed by atoms with E-state index < -0.39 is 11.6 Å². The summed E-state index contributed by atoms with van der Waals surface area (Å²) in [4.78, 5) is 0. The Morgan fingerprint density at radius 2 is 1.33 bits per heavy atom. The van der Waals surface area contributed by atoms with Gasteiger partial charge in [0.25, 0.3) is 0 Å². The molecule has 2 unspecified atom stereocenters. The molecule has 88 valence electrons. The zero-order valence-corrected chi connectivity index (χ0v) is 9.70. The Labute approximate surface area is 92.1 Å². The van der Waals surface area contributed by atoms with Crippen molar-refractivity contribution < 1.29 is 14.9 Å². The molecule has 0 heterocycles. The molecular weight excluding hydrogens is 192 g/mol. The van der Waals surface area contributed by atoms with Gasteiger partial charge in [0.15, 0.2) is 11.6 Å². The fourth-order valence-corrected chi connectivity index (χ4v) is 1.32. The summed E-state index contributed by atoms with van der Waals surface area (Å²) in [5, 5.41) is 20.1. The maximum atomic E-state index is 10.0. The van der Waals surface area contributed by atoms with Crippen molar-refractivity contribution in [2.45, 2.75) is 51.1 Å². The van der Waals surface area contributed by atoms with E-state index in [4.69, 9.17) is 4.74 Å². The predicted octanol–water partition coefficient (Wildman–Crippen LogP) is 2.35. The van der Waals surface area contributed by atoms with E-state index in [1.165, 1.54) is 0 Å². The maximum absolute atomic E-state index is 10.0. The van der Waals surface area contributed by atoms with Gasteiger partial charge in [-0.3, -0.25) is 0 Å². The average Bonchev–Trinajstić information content (AvgIpc) is 2.18. The lowest BCUT2D eigenvalue weighted by Crippen LogP contribution is -2.43. The Morgan fingerprint density at radius 3 is 1.53 bits per heavy atom. The molecule has 0 aromatic carbocycles. The third-order valence-electron chi connectivity index (χ3n) is 2.41. The first kappa shape index (κ1) is 14.4. The van der Waals surface area contributed by atoms with E-state index in [1.807, 2.05) is 0 Å². The average molecular weight is 214 g/mol. The zero-order chi connectivity index (χ0) is 11.9. The van der Waals surface area contributed by atoms with E-state index in [0.29, 0.717) is 25.7 Å². The summed E-state index contributed by atoms with van der Waals surface area (Å²) in [7, 11) is 0. The van der Waals surface area contributed by atoms with Crippen LogP contribution in [0.1, 0.15) is 39.5 Å². The second kappa shape index (κ2) is 6.05. The SMILES string of the molecule is C=CCC(O)(CC)OC(O)(CC)CC=C. The normalized spacial score (nSPS) is 18.9. The number of hydrogen-bond donors (Lipinski definition) is 2. The van der Waals surface area contributed by atoms with Gasteiger partial charge in [-0.25, -0.2) is 0 Å². The monoisotopic (exact) mass is 214 g/mol. The van der Waals surface area contributed by atoms with Gasteiger partial charge < -0.3 is 14.9 Å². The molecule has 0 aliphatic heterocycles. The molecule has 0 saturated carbocycles. The van der Waals surface area contributed by atoms with Gasteiger partial charge in [-0.1, -0.05) is 26.0 Å². The Hall–Kier alpha value is -0.640. The second-order valence-electron chi connectivity index (χ2n) is 3.69.